The maximum absolute atomic E-state index is 11.5. The van der Waals surface area contributed by atoms with Gasteiger partial charge in [-0.05, 0) is 54.3 Å². The molecule has 1 heterocycles. The van der Waals surface area contributed by atoms with Gasteiger partial charge in [-0.15, -0.1) is 6.58 Å². The highest BCUT2D eigenvalue weighted by Gasteiger charge is 2.13. The molecule has 8 nitrogen and oxygen atoms in total. The van der Waals surface area contributed by atoms with Crippen LogP contribution in [0.4, 0.5) is 0 Å². The highest BCUT2D eigenvalue weighted by atomic mass is 16.5. The van der Waals surface area contributed by atoms with E-state index in [-0.39, 0.29) is 11.7 Å². The summed E-state index contributed by atoms with van der Waals surface area (Å²) < 4.78 is 4.70. The largest absolute Gasteiger partial charge is 0.508 e. The van der Waals surface area contributed by atoms with E-state index in [0.717, 1.165) is 54.9 Å². The van der Waals surface area contributed by atoms with Crippen molar-refractivity contribution in [2.45, 2.75) is 25.9 Å². The van der Waals surface area contributed by atoms with E-state index in [1.165, 1.54) is 7.11 Å². The molecule has 206 valence electrons. The molecular weight excluding hydrogens is 490 g/mol. The van der Waals surface area contributed by atoms with Crippen molar-refractivity contribution >= 4 is 11.8 Å². The monoisotopic (exact) mass is 529 g/mol. The number of esters is 1. The molecule has 3 aromatic carbocycles. The third-order valence-electron chi connectivity index (χ3n) is 6.32. The lowest BCUT2D eigenvalue weighted by Crippen LogP contribution is -2.49. The summed E-state index contributed by atoms with van der Waals surface area (Å²) in [6.45, 7) is 10.8. The summed E-state index contributed by atoms with van der Waals surface area (Å²) >= 11 is 0. The van der Waals surface area contributed by atoms with Crippen LogP contribution in [0.15, 0.2) is 90.4 Å². The Kier molecular flexibility index (Phi) is 11.7. The molecule has 1 aliphatic rings. The van der Waals surface area contributed by atoms with Gasteiger partial charge in [-0.1, -0.05) is 54.6 Å². The Bertz CT molecular complexity index is 1230. The average molecular weight is 530 g/mol. The number of hydrazine groups is 1. The van der Waals surface area contributed by atoms with E-state index in [1.54, 1.807) is 24.3 Å². The van der Waals surface area contributed by atoms with Gasteiger partial charge in [0, 0.05) is 37.8 Å². The minimum absolute atomic E-state index is 0.264. The van der Waals surface area contributed by atoms with Crippen molar-refractivity contribution in [3.05, 3.63) is 113 Å². The minimum Gasteiger partial charge on any atom is -0.508 e. The molecule has 0 radical (unpaired) electrons. The lowest BCUT2D eigenvalue weighted by molar-refractivity contribution is 0.0600. The first-order valence-corrected chi connectivity index (χ1v) is 13.0. The number of phenols is 1. The quantitative estimate of drug-likeness (QED) is 0.0880. The predicted octanol–water partition coefficient (Wildman–Crippen LogP) is 3.65. The van der Waals surface area contributed by atoms with Crippen molar-refractivity contribution < 1.29 is 14.6 Å². The van der Waals surface area contributed by atoms with Gasteiger partial charge in [0.15, 0.2) is 0 Å². The van der Waals surface area contributed by atoms with Gasteiger partial charge < -0.3 is 20.6 Å². The molecule has 3 aromatic rings. The Hall–Kier alpha value is -3.98. The highest BCUT2D eigenvalue weighted by molar-refractivity contribution is 5.98. The van der Waals surface area contributed by atoms with E-state index in [0.29, 0.717) is 24.0 Å². The molecular formula is C31H39N5O3. The van der Waals surface area contributed by atoms with E-state index in [9.17, 15) is 9.90 Å². The number of aromatic hydroxyl groups is 1. The Labute approximate surface area is 231 Å². The van der Waals surface area contributed by atoms with Gasteiger partial charge in [0.25, 0.3) is 0 Å². The van der Waals surface area contributed by atoms with Crippen LogP contribution in [-0.4, -0.2) is 61.1 Å². The van der Waals surface area contributed by atoms with E-state index in [4.69, 9.17) is 10.6 Å². The molecule has 8 heteroatoms. The number of amidine groups is 1. The molecule has 1 saturated heterocycles. The van der Waals surface area contributed by atoms with Gasteiger partial charge >= 0.3 is 5.97 Å². The summed E-state index contributed by atoms with van der Waals surface area (Å²) in [6, 6.07) is 22.9. The number of piperazine rings is 1. The SMILES string of the molecule is C=CCN1CCNC(C)C1.COC(=O)c1ccc(CN=C(NN)c2ccc(Cc3cccc(O)c3)cc2)cc1. The molecule has 1 unspecified atom stereocenters. The Morgan fingerprint density at radius 3 is 2.44 bits per heavy atom. The zero-order chi connectivity index (χ0) is 28.0. The van der Waals surface area contributed by atoms with Crippen molar-refractivity contribution in [3.63, 3.8) is 0 Å². The summed E-state index contributed by atoms with van der Waals surface area (Å²) in [4.78, 5) is 18.4. The molecule has 5 N–H and O–H groups in total. The van der Waals surface area contributed by atoms with Crippen LogP contribution in [0.25, 0.3) is 0 Å². The standard InChI is InChI=1S/C23H23N3O3.C8H16N2/c1-29-23(28)20-11-7-17(8-12-20)15-25-22(26-24)19-9-5-16(6-10-19)13-18-3-2-4-21(27)14-18;1-3-5-10-6-4-9-8(2)7-10/h2-12,14,27H,13,15,24H2,1H3,(H,25,26);3,8-9H,1,4-7H2,2H3. The van der Waals surface area contributed by atoms with E-state index >= 15 is 0 Å². The van der Waals surface area contributed by atoms with E-state index < -0.39 is 0 Å². The maximum Gasteiger partial charge on any atom is 0.337 e. The summed E-state index contributed by atoms with van der Waals surface area (Å²) in [5.41, 5.74) is 7.13. The van der Waals surface area contributed by atoms with Gasteiger partial charge in [0.05, 0.1) is 19.2 Å². The number of aliphatic imine (C=N–C) groups is 1. The Morgan fingerprint density at radius 2 is 1.82 bits per heavy atom. The fraction of sp³-hybridized carbons (Fsp3) is 0.290. The maximum atomic E-state index is 11.5. The van der Waals surface area contributed by atoms with Crippen LogP contribution in [-0.2, 0) is 17.7 Å². The number of methoxy groups -OCH3 is 1. The zero-order valence-corrected chi connectivity index (χ0v) is 22.8. The number of hydrogen-bond donors (Lipinski definition) is 4. The minimum atomic E-state index is -0.366. The van der Waals surface area contributed by atoms with Crippen LogP contribution in [0.3, 0.4) is 0 Å². The number of benzene rings is 3. The third kappa shape index (κ3) is 9.68. The molecule has 0 aromatic heterocycles. The number of phenolic OH excluding ortho intramolecular Hbond substituents is 1. The molecule has 4 rings (SSSR count). The molecule has 0 saturated carbocycles. The first-order valence-electron chi connectivity index (χ1n) is 13.0. The summed E-state index contributed by atoms with van der Waals surface area (Å²) in [5.74, 6) is 6.13. The number of carbonyl (C=O) groups excluding carboxylic acids is 1. The van der Waals surface area contributed by atoms with Crippen LogP contribution < -0.4 is 16.6 Å². The molecule has 0 bridgehead atoms. The van der Waals surface area contributed by atoms with Crippen LogP contribution in [0, 0.1) is 0 Å². The van der Waals surface area contributed by atoms with Crippen LogP contribution in [0.1, 0.15) is 39.5 Å². The van der Waals surface area contributed by atoms with E-state index in [1.807, 2.05) is 54.6 Å². The summed E-state index contributed by atoms with van der Waals surface area (Å²) in [6.07, 6.45) is 2.70. The number of nitrogens with two attached hydrogens (primary N) is 1. The van der Waals surface area contributed by atoms with Crippen LogP contribution in [0.5, 0.6) is 5.75 Å². The second-order valence-electron chi connectivity index (χ2n) is 9.44. The number of nitrogens with one attached hydrogen (secondary N) is 2. The number of rotatable bonds is 8. The number of carbonyl (C=O) groups is 1. The number of ether oxygens (including phenoxy) is 1. The van der Waals surface area contributed by atoms with Gasteiger partial charge in [-0.25, -0.2) is 10.6 Å². The average Bonchev–Trinajstić information content (AvgIpc) is 2.95. The molecule has 0 amide bonds. The first kappa shape index (κ1) is 29.6. The molecule has 1 fully saturated rings. The zero-order valence-electron chi connectivity index (χ0n) is 22.8. The fourth-order valence-electron chi connectivity index (χ4n) is 4.30. The second kappa shape index (κ2) is 15.4. The predicted molar refractivity (Wildman–Crippen MR) is 157 cm³/mol. The van der Waals surface area contributed by atoms with Gasteiger partial charge in [0.1, 0.15) is 11.6 Å². The van der Waals surface area contributed by atoms with Crippen molar-refractivity contribution in [2.24, 2.45) is 10.8 Å². The molecule has 0 spiro atoms. The molecule has 0 aliphatic carbocycles. The number of hydrogen-bond acceptors (Lipinski definition) is 7. The smallest absolute Gasteiger partial charge is 0.337 e. The first-order chi connectivity index (χ1) is 18.9. The van der Waals surface area contributed by atoms with Crippen molar-refractivity contribution in [2.75, 3.05) is 33.3 Å². The van der Waals surface area contributed by atoms with Crippen molar-refractivity contribution in [1.82, 2.24) is 15.6 Å². The second-order valence-corrected chi connectivity index (χ2v) is 9.44. The van der Waals surface area contributed by atoms with E-state index in [2.05, 4.69) is 34.1 Å². The van der Waals surface area contributed by atoms with Crippen molar-refractivity contribution in [3.8, 4) is 5.75 Å². The molecule has 1 atom stereocenters. The topological polar surface area (TPSA) is 112 Å². The summed E-state index contributed by atoms with van der Waals surface area (Å²) in [5, 5.41) is 13.0. The highest BCUT2D eigenvalue weighted by Crippen LogP contribution is 2.16. The lowest BCUT2D eigenvalue weighted by atomic mass is 10.0. The van der Waals surface area contributed by atoms with Crippen molar-refractivity contribution in [1.29, 1.82) is 0 Å². The normalized spacial score (nSPS) is 15.6. The summed E-state index contributed by atoms with van der Waals surface area (Å²) in [7, 11) is 1.36. The third-order valence-corrected chi connectivity index (χ3v) is 6.32. The van der Waals surface area contributed by atoms with Gasteiger partial charge in [-0.2, -0.15) is 0 Å². The Balaban J connectivity index is 0.000000353. The molecule has 39 heavy (non-hydrogen) atoms. The van der Waals surface area contributed by atoms with Crippen LogP contribution >= 0.6 is 0 Å². The lowest BCUT2D eigenvalue weighted by Gasteiger charge is -2.30. The van der Waals surface area contributed by atoms with Crippen LogP contribution in [0.2, 0.25) is 0 Å². The number of nitrogens with zero attached hydrogens (tertiary/aromatic N) is 2. The van der Waals surface area contributed by atoms with Gasteiger partial charge in [0.2, 0.25) is 0 Å². The molecule has 1 aliphatic heterocycles. The fourth-order valence-corrected chi connectivity index (χ4v) is 4.30. The van der Waals surface area contributed by atoms with Gasteiger partial charge in [-0.3, -0.25) is 9.89 Å². The Morgan fingerprint density at radius 1 is 1.13 bits per heavy atom.